The van der Waals surface area contributed by atoms with Crippen LogP contribution in [0, 0.1) is 0 Å². The molecule has 0 unspecified atom stereocenters. The number of anilines is 1. The average Bonchev–Trinajstić information content (AvgIpc) is 2.05. The van der Waals surface area contributed by atoms with Crippen molar-refractivity contribution in [2.75, 3.05) is 12.3 Å². The Hall–Kier alpha value is -1.22. The number of hydrogen-bond acceptors (Lipinski definition) is 2. The van der Waals surface area contributed by atoms with Gasteiger partial charge in [-0.25, -0.2) is 0 Å². The second kappa shape index (κ2) is 5.43. The molecule has 1 aromatic carbocycles. The molecule has 0 saturated heterocycles. The van der Waals surface area contributed by atoms with Crippen LogP contribution in [0.3, 0.4) is 0 Å². The van der Waals surface area contributed by atoms with Gasteiger partial charge in [-0.1, -0.05) is 12.1 Å². The SMILES string of the molecule is CCNC(=O)c1ccccc1N.Cl. The fourth-order valence-corrected chi connectivity index (χ4v) is 0.960. The molecule has 0 aliphatic heterocycles. The molecule has 13 heavy (non-hydrogen) atoms. The standard InChI is InChI=1S/C9H12N2O.ClH/c1-2-11-9(12)7-5-3-4-6-8(7)10;/h3-6H,2,10H2,1H3,(H,11,12);1H. The monoisotopic (exact) mass is 200 g/mol. The number of carbonyl (C=O) groups is 1. The first-order valence-electron chi connectivity index (χ1n) is 3.88. The maximum absolute atomic E-state index is 11.3. The quantitative estimate of drug-likeness (QED) is 0.710. The number of benzene rings is 1. The molecule has 0 atom stereocenters. The Morgan fingerprint density at radius 1 is 1.46 bits per heavy atom. The molecule has 0 bridgehead atoms. The normalized spacial score (nSPS) is 8.69. The van der Waals surface area contributed by atoms with Gasteiger partial charge in [-0.05, 0) is 19.1 Å². The zero-order valence-electron chi connectivity index (χ0n) is 7.41. The van der Waals surface area contributed by atoms with Crippen molar-refractivity contribution in [3.8, 4) is 0 Å². The number of nitrogens with one attached hydrogen (secondary N) is 1. The van der Waals surface area contributed by atoms with Gasteiger partial charge in [0.1, 0.15) is 0 Å². The maximum atomic E-state index is 11.3. The number of carbonyl (C=O) groups excluding carboxylic acids is 1. The summed E-state index contributed by atoms with van der Waals surface area (Å²) in [7, 11) is 0. The van der Waals surface area contributed by atoms with Crippen LogP contribution in [0.15, 0.2) is 24.3 Å². The molecular formula is C9H13ClN2O. The van der Waals surface area contributed by atoms with Crippen molar-refractivity contribution < 1.29 is 4.79 Å². The van der Waals surface area contributed by atoms with E-state index in [1.165, 1.54) is 0 Å². The zero-order chi connectivity index (χ0) is 8.97. The average molecular weight is 201 g/mol. The van der Waals surface area contributed by atoms with Crippen LogP contribution in [-0.4, -0.2) is 12.5 Å². The molecular weight excluding hydrogens is 188 g/mol. The number of rotatable bonds is 2. The summed E-state index contributed by atoms with van der Waals surface area (Å²) in [5, 5.41) is 2.68. The third-order valence-electron chi connectivity index (χ3n) is 1.54. The molecule has 0 aliphatic carbocycles. The number of nitrogen functional groups attached to an aromatic ring is 1. The van der Waals surface area contributed by atoms with Crippen LogP contribution in [0.4, 0.5) is 5.69 Å². The molecule has 0 saturated carbocycles. The van der Waals surface area contributed by atoms with E-state index in [0.29, 0.717) is 17.8 Å². The van der Waals surface area contributed by atoms with Crippen molar-refractivity contribution in [2.45, 2.75) is 6.92 Å². The summed E-state index contributed by atoms with van der Waals surface area (Å²) in [4.78, 5) is 11.3. The number of nitrogens with two attached hydrogens (primary N) is 1. The highest BCUT2D eigenvalue weighted by Crippen LogP contribution is 2.09. The van der Waals surface area contributed by atoms with Gasteiger partial charge in [0.2, 0.25) is 0 Å². The Bertz CT molecular complexity index is 289. The first-order valence-corrected chi connectivity index (χ1v) is 3.88. The lowest BCUT2D eigenvalue weighted by molar-refractivity contribution is 0.0956. The van der Waals surface area contributed by atoms with Gasteiger partial charge in [0.05, 0.1) is 5.56 Å². The van der Waals surface area contributed by atoms with Crippen molar-refractivity contribution in [1.82, 2.24) is 5.32 Å². The largest absolute Gasteiger partial charge is 0.398 e. The van der Waals surface area contributed by atoms with Crippen LogP contribution in [0.1, 0.15) is 17.3 Å². The molecule has 0 heterocycles. The predicted octanol–water partition coefficient (Wildman–Crippen LogP) is 1.44. The number of hydrogen-bond donors (Lipinski definition) is 2. The number of para-hydroxylation sites is 1. The molecule has 72 valence electrons. The highest BCUT2D eigenvalue weighted by molar-refractivity contribution is 5.98. The molecule has 0 fully saturated rings. The predicted molar refractivity (Wildman–Crippen MR) is 56.1 cm³/mol. The van der Waals surface area contributed by atoms with E-state index in [1.807, 2.05) is 6.92 Å². The zero-order valence-corrected chi connectivity index (χ0v) is 8.23. The van der Waals surface area contributed by atoms with E-state index < -0.39 is 0 Å². The van der Waals surface area contributed by atoms with Gasteiger partial charge in [-0.2, -0.15) is 0 Å². The van der Waals surface area contributed by atoms with Gasteiger partial charge in [0, 0.05) is 12.2 Å². The first-order chi connectivity index (χ1) is 5.75. The third-order valence-corrected chi connectivity index (χ3v) is 1.54. The van der Waals surface area contributed by atoms with E-state index in [1.54, 1.807) is 24.3 Å². The summed E-state index contributed by atoms with van der Waals surface area (Å²) in [5.74, 6) is -0.115. The fraction of sp³-hybridized carbons (Fsp3) is 0.222. The summed E-state index contributed by atoms with van der Waals surface area (Å²) in [6.07, 6.45) is 0. The Balaban J connectivity index is 0.00000144. The highest BCUT2D eigenvalue weighted by atomic mass is 35.5. The van der Waals surface area contributed by atoms with Gasteiger partial charge in [-0.3, -0.25) is 4.79 Å². The van der Waals surface area contributed by atoms with Gasteiger partial charge in [0.25, 0.3) is 5.91 Å². The van der Waals surface area contributed by atoms with Gasteiger partial charge < -0.3 is 11.1 Å². The van der Waals surface area contributed by atoms with Crippen molar-refractivity contribution in [3.63, 3.8) is 0 Å². The van der Waals surface area contributed by atoms with Gasteiger partial charge in [-0.15, -0.1) is 12.4 Å². The summed E-state index contributed by atoms with van der Waals surface area (Å²) in [5.41, 5.74) is 6.65. The molecule has 1 aromatic rings. The van der Waals surface area contributed by atoms with Crippen LogP contribution in [0.25, 0.3) is 0 Å². The summed E-state index contributed by atoms with van der Waals surface area (Å²) in [6, 6.07) is 7.02. The maximum Gasteiger partial charge on any atom is 0.253 e. The number of amides is 1. The topological polar surface area (TPSA) is 55.1 Å². The van der Waals surface area contributed by atoms with Crippen LogP contribution >= 0.6 is 12.4 Å². The molecule has 0 radical (unpaired) electrons. The molecule has 4 heteroatoms. The summed E-state index contributed by atoms with van der Waals surface area (Å²) in [6.45, 7) is 2.49. The Morgan fingerprint density at radius 2 is 2.08 bits per heavy atom. The second-order valence-corrected chi connectivity index (χ2v) is 2.45. The molecule has 1 amide bonds. The van der Waals surface area contributed by atoms with Gasteiger partial charge >= 0.3 is 0 Å². The van der Waals surface area contributed by atoms with E-state index in [9.17, 15) is 4.79 Å². The Labute approximate surface area is 83.7 Å². The van der Waals surface area contributed by atoms with Crippen molar-refractivity contribution in [1.29, 1.82) is 0 Å². The smallest absolute Gasteiger partial charge is 0.253 e. The molecule has 3 nitrogen and oxygen atoms in total. The highest BCUT2D eigenvalue weighted by Gasteiger charge is 2.05. The van der Waals surface area contributed by atoms with Crippen LogP contribution in [0.2, 0.25) is 0 Å². The fourth-order valence-electron chi connectivity index (χ4n) is 0.960. The Morgan fingerprint density at radius 3 is 2.62 bits per heavy atom. The molecule has 0 spiro atoms. The molecule has 3 N–H and O–H groups in total. The minimum Gasteiger partial charge on any atom is -0.398 e. The third kappa shape index (κ3) is 2.95. The van der Waals surface area contributed by atoms with Crippen LogP contribution in [-0.2, 0) is 0 Å². The van der Waals surface area contributed by atoms with E-state index in [-0.39, 0.29) is 18.3 Å². The summed E-state index contributed by atoms with van der Waals surface area (Å²) < 4.78 is 0. The molecule has 1 rings (SSSR count). The van der Waals surface area contributed by atoms with Crippen molar-refractivity contribution in [3.05, 3.63) is 29.8 Å². The van der Waals surface area contributed by atoms with E-state index >= 15 is 0 Å². The van der Waals surface area contributed by atoms with E-state index in [4.69, 9.17) is 5.73 Å². The molecule has 0 aromatic heterocycles. The van der Waals surface area contributed by atoms with Crippen molar-refractivity contribution >= 4 is 24.0 Å². The Kier molecular flexibility index (Phi) is 4.92. The lowest BCUT2D eigenvalue weighted by atomic mass is 10.2. The van der Waals surface area contributed by atoms with Crippen LogP contribution < -0.4 is 11.1 Å². The van der Waals surface area contributed by atoms with Gasteiger partial charge in [0.15, 0.2) is 0 Å². The lowest BCUT2D eigenvalue weighted by Gasteiger charge is -2.03. The van der Waals surface area contributed by atoms with Crippen molar-refractivity contribution in [2.24, 2.45) is 0 Å². The summed E-state index contributed by atoms with van der Waals surface area (Å²) >= 11 is 0. The lowest BCUT2D eigenvalue weighted by Crippen LogP contribution is -2.23. The first kappa shape index (κ1) is 11.8. The van der Waals surface area contributed by atoms with E-state index in [2.05, 4.69) is 5.32 Å². The minimum atomic E-state index is -0.115. The second-order valence-electron chi connectivity index (χ2n) is 2.45. The van der Waals surface area contributed by atoms with Crippen LogP contribution in [0.5, 0.6) is 0 Å². The minimum absolute atomic E-state index is 0. The molecule has 0 aliphatic rings. The van der Waals surface area contributed by atoms with E-state index in [0.717, 1.165) is 0 Å². The number of halogens is 1.